The van der Waals surface area contributed by atoms with Crippen LogP contribution in [0.3, 0.4) is 0 Å². The monoisotopic (exact) mass is 1140 g/mol. The minimum atomic E-state index is -4.92. The summed E-state index contributed by atoms with van der Waals surface area (Å²) in [6.45, 7) is 6.21. The zero-order valence-corrected chi connectivity index (χ0v) is 43.3. The van der Waals surface area contributed by atoms with Gasteiger partial charge in [0.05, 0.1) is 35.8 Å². The van der Waals surface area contributed by atoms with E-state index in [2.05, 4.69) is 30.2 Å². The van der Waals surface area contributed by atoms with Gasteiger partial charge in [-0.2, -0.15) is 4.80 Å². The molecule has 19 nitrogen and oxygen atoms in total. The standard InChI is InChI=1S/C29H22ClF3N2O5.C25H21F3N6O6.CH4/c1-16-24(25(36)19-7-9-20(30)10-8-19)22-12-11-21(39-29(31,32)33)13-23(22)35(16)15-18-5-3-17(4-6-18)14-28(2)26(37)34-27(38)40-28;1-13-20(21(35)14-4-6-15(38-3)7-5-14)17-9-8-16(39-25(26,27)28)10-18(17)33(13)11-19-30-32-34(31-19)12-24(2)22(36)29-23(37)40-24;/h3-13H,14-15H2,1-2H3,(H,34,37,38);4-10H,11-12H2,1-3H3,(H,29,36,37);1H4/t28-;24-;/m00./s1. The number of methoxy groups -OCH3 is 1. The maximum absolute atomic E-state index is 13.6. The van der Waals surface area contributed by atoms with Crippen molar-refractivity contribution in [3.63, 3.8) is 0 Å². The number of nitrogens with zero attached hydrogens (tertiary/aromatic N) is 6. The van der Waals surface area contributed by atoms with Crippen molar-refractivity contribution in [2.24, 2.45) is 0 Å². The summed E-state index contributed by atoms with van der Waals surface area (Å²) in [6.07, 6.45) is -11.3. The van der Waals surface area contributed by atoms with Crippen molar-refractivity contribution in [1.82, 2.24) is 40.0 Å². The molecule has 81 heavy (non-hydrogen) atoms. The third kappa shape index (κ3) is 12.5. The molecule has 26 heteroatoms. The first-order chi connectivity index (χ1) is 37.7. The van der Waals surface area contributed by atoms with E-state index >= 15 is 0 Å². The fourth-order valence-corrected chi connectivity index (χ4v) is 9.42. The Bertz CT molecular complexity index is 3780. The topological polar surface area (TPSA) is 226 Å². The van der Waals surface area contributed by atoms with Gasteiger partial charge in [0.15, 0.2) is 23.0 Å². The third-order valence-corrected chi connectivity index (χ3v) is 13.4. The van der Waals surface area contributed by atoms with Gasteiger partial charge in [-0.05, 0) is 117 Å². The zero-order valence-electron chi connectivity index (χ0n) is 42.5. The molecule has 422 valence electrons. The van der Waals surface area contributed by atoms with Crippen LogP contribution in [0.4, 0.5) is 35.9 Å². The molecule has 8 aromatic rings. The molecule has 5 heterocycles. The minimum absolute atomic E-state index is 0. The van der Waals surface area contributed by atoms with Crippen molar-refractivity contribution in [1.29, 1.82) is 0 Å². The number of amides is 4. The van der Waals surface area contributed by atoms with Crippen LogP contribution >= 0.6 is 11.6 Å². The lowest BCUT2D eigenvalue weighted by molar-refractivity contribution is -0.275. The predicted molar refractivity (Wildman–Crippen MR) is 277 cm³/mol. The first kappa shape index (κ1) is 57.9. The van der Waals surface area contributed by atoms with Gasteiger partial charge in [-0.25, -0.2) is 9.59 Å². The molecule has 0 unspecified atom stereocenters. The Labute approximate surface area is 460 Å². The number of tetrazole rings is 1. The molecule has 2 fully saturated rings. The normalized spacial score (nSPS) is 16.9. The average Bonchev–Trinajstić information content (AvgIpc) is 3.29. The van der Waals surface area contributed by atoms with Crippen LogP contribution < -0.4 is 24.8 Å². The first-order valence-electron chi connectivity index (χ1n) is 23.9. The summed E-state index contributed by atoms with van der Waals surface area (Å²) in [5.41, 5.74) is 1.67. The number of aromatic nitrogens is 6. The Morgan fingerprint density at radius 1 is 0.630 bits per heavy atom. The van der Waals surface area contributed by atoms with Crippen molar-refractivity contribution in [3.8, 4) is 17.2 Å². The van der Waals surface area contributed by atoms with Crippen molar-refractivity contribution in [3.05, 3.63) is 165 Å². The van der Waals surface area contributed by atoms with Crippen LogP contribution in [-0.2, 0) is 45.1 Å². The van der Waals surface area contributed by atoms with Crippen LogP contribution in [0.25, 0.3) is 21.8 Å². The van der Waals surface area contributed by atoms with Gasteiger partial charge in [-0.3, -0.25) is 29.8 Å². The highest BCUT2D eigenvalue weighted by molar-refractivity contribution is 6.30. The summed E-state index contributed by atoms with van der Waals surface area (Å²) >= 11 is 5.97. The number of ketones is 2. The van der Waals surface area contributed by atoms with Crippen LogP contribution in [0.5, 0.6) is 17.2 Å². The van der Waals surface area contributed by atoms with E-state index in [0.29, 0.717) is 55.1 Å². The molecule has 3 aromatic heterocycles. The summed E-state index contributed by atoms with van der Waals surface area (Å²) in [4.78, 5) is 75.2. The fraction of sp³-hybridized carbons (Fsp3) is 0.255. The molecular weight excluding hydrogens is 1100 g/mol. The number of halogens is 7. The van der Waals surface area contributed by atoms with Gasteiger partial charge in [0.1, 0.15) is 23.8 Å². The molecule has 2 atom stereocenters. The van der Waals surface area contributed by atoms with E-state index in [1.807, 2.05) is 5.32 Å². The quantitative estimate of drug-likeness (QED) is 0.0720. The van der Waals surface area contributed by atoms with Crippen molar-refractivity contribution in [2.75, 3.05) is 7.11 Å². The first-order valence-corrected chi connectivity index (χ1v) is 24.3. The van der Waals surface area contributed by atoms with E-state index in [4.69, 9.17) is 25.8 Å². The summed E-state index contributed by atoms with van der Waals surface area (Å²) in [5, 5.41) is 17.6. The van der Waals surface area contributed by atoms with E-state index in [1.54, 1.807) is 95.8 Å². The van der Waals surface area contributed by atoms with Crippen molar-refractivity contribution >= 4 is 69.0 Å². The Balaban J connectivity index is 0.000000210. The van der Waals surface area contributed by atoms with Gasteiger partial charge < -0.3 is 32.8 Å². The molecule has 5 aromatic carbocycles. The number of cyclic esters (lactones) is 2. The Morgan fingerprint density at radius 2 is 1.07 bits per heavy atom. The lowest BCUT2D eigenvalue weighted by Crippen LogP contribution is -2.40. The lowest BCUT2D eigenvalue weighted by Gasteiger charge is -2.19. The second-order valence-electron chi connectivity index (χ2n) is 18.8. The smallest absolute Gasteiger partial charge is 0.497 e. The molecule has 2 aliphatic heterocycles. The maximum atomic E-state index is 13.6. The molecule has 0 bridgehead atoms. The van der Waals surface area contributed by atoms with Gasteiger partial charge in [0, 0.05) is 63.4 Å². The number of ether oxygens (including phenoxy) is 5. The van der Waals surface area contributed by atoms with Gasteiger partial charge in [-0.1, -0.05) is 43.3 Å². The highest BCUT2D eigenvalue weighted by Gasteiger charge is 2.46. The number of alkyl carbamates (subject to hydrolysis) is 2. The SMILES string of the molecule is C.COc1ccc(C(=O)c2c(C)n(Cc3nnn(C[C@]4(C)OC(=O)NC4=O)n3)c3cc(OC(F)(F)F)ccc23)cc1.Cc1c(C(=O)c2ccc(Cl)cc2)c2ccc(OC(F)(F)F)cc2n1Cc1ccc(C[C@]2(C)OC(=O)NC2=O)cc1. The molecule has 0 spiro atoms. The molecule has 0 aliphatic carbocycles. The highest BCUT2D eigenvalue weighted by atomic mass is 35.5. The number of benzene rings is 5. The summed E-state index contributed by atoms with van der Waals surface area (Å²) in [7, 11) is 1.49. The van der Waals surface area contributed by atoms with Gasteiger partial charge >= 0.3 is 24.9 Å². The number of imide groups is 2. The summed E-state index contributed by atoms with van der Waals surface area (Å²) in [5.74, 6) is -2.04. The number of carbonyl (C=O) groups is 6. The zero-order chi connectivity index (χ0) is 57.6. The number of carbonyl (C=O) groups excluding carboxylic acids is 6. The predicted octanol–water partition coefficient (Wildman–Crippen LogP) is 10.1. The molecule has 10 rings (SSSR count). The largest absolute Gasteiger partial charge is 0.573 e. The van der Waals surface area contributed by atoms with E-state index in [-0.39, 0.29) is 62.0 Å². The van der Waals surface area contributed by atoms with Crippen molar-refractivity contribution < 1.29 is 78.8 Å². The maximum Gasteiger partial charge on any atom is 0.573 e. The van der Waals surface area contributed by atoms with E-state index in [9.17, 15) is 55.1 Å². The van der Waals surface area contributed by atoms with Crippen LogP contribution in [-0.4, -0.2) is 95.9 Å². The average molecular weight is 1150 g/mol. The van der Waals surface area contributed by atoms with Gasteiger partial charge in [0.25, 0.3) is 11.8 Å². The van der Waals surface area contributed by atoms with Crippen molar-refractivity contribution in [2.45, 2.75) is 85.1 Å². The van der Waals surface area contributed by atoms with Gasteiger partial charge in [0.2, 0.25) is 5.60 Å². The Kier molecular flexibility index (Phi) is 15.8. The fourth-order valence-electron chi connectivity index (χ4n) is 9.30. The molecule has 4 amide bonds. The number of fused-ring (bicyclic) bond motifs is 2. The molecule has 0 radical (unpaired) electrons. The molecule has 2 aliphatic rings. The number of rotatable bonds is 15. The lowest BCUT2D eigenvalue weighted by atomic mass is 9.95. The number of hydrogen-bond donors (Lipinski definition) is 2. The molecule has 0 saturated carbocycles. The Hall–Kier alpha value is -9.26. The van der Waals surface area contributed by atoms with Crippen LogP contribution in [0, 0.1) is 13.8 Å². The Morgan fingerprint density at radius 3 is 1.53 bits per heavy atom. The van der Waals surface area contributed by atoms with Crippen LogP contribution in [0.15, 0.2) is 109 Å². The van der Waals surface area contributed by atoms with Crippen LogP contribution in [0.1, 0.15) is 81.5 Å². The third-order valence-electron chi connectivity index (χ3n) is 13.1. The number of alkyl halides is 6. The molecule has 2 N–H and O–H groups in total. The number of nitrogens with one attached hydrogen (secondary N) is 2. The number of hydrogen-bond acceptors (Lipinski definition) is 14. The van der Waals surface area contributed by atoms with E-state index in [1.165, 1.54) is 51.3 Å². The second kappa shape index (κ2) is 22.1. The van der Waals surface area contributed by atoms with Gasteiger partial charge in [-0.15, -0.1) is 36.5 Å². The molecular formula is C55H47ClF6N8O11. The van der Waals surface area contributed by atoms with E-state index in [0.717, 1.165) is 22.0 Å². The summed E-state index contributed by atoms with van der Waals surface area (Å²) in [6, 6.07) is 27.5. The molecule has 2 saturated heterocycles. The summed E-state index contributed by atoms with van der Waals surface area (Å²) < 4.78 is 105. The highest BCUT2D eigenvalue weighted by Crippen LogP contribution is 2.36. The second-order valence-corrected chi connectivity index (χ2v) is 19.3. The minimum Gasteiger partial charge on any atom is -0.497 e. The van der Waals surface area contributed by atoms with Crippen LogP contribution in [0.2, 0.25) is 5.02 Å². The van der Waals surface area contributed by atoms with E-state index < -0.39 is 59.4 Å².